The van der Waals surface area contributed by atoms with Crippen LogP contribution in [-0.4, -0.2) is 53.9 Å². The fourth-order valence-electron chi connectivity index (χ4n) is 3.45. The molecule has 1 aromatic heterocycles. The van der Waals surface area contributed by atoms with E-state index in [1.54, 1.807) is 32.4 Å². The molecule has 0 atom stereocenters. The summed E-state index contributed by atoms with van der Waals surface area (Å²) in [4.78, 5) is 27.7. The Morgan fingerprint density at radius 3 is 2.00 bits per heavy atom. The number of carbonyl (C=O) groups is 2. The Hall–Kier alpha value is -3.23. The molecule has 35 heavy (non-hydrogen) atoms. The molecule has 0 unspecified atom stereocenters. The highest BCUT2D eigenvalue weighted by molar-refractivity contribution is 5.96. The third-order valence-electron chi connectivity index (χ3n) is 5.19. The first-order chi connectivity index (χ1) is 16.1. The van der Waals surface area contributed by atoms with Crippen LogP contribution in [0.15, 0.2) is 24.3 Å². The first-order valence-corrected chi connectivity index (χ1v) is 11.8. The summed E-state index contributed by atoms with van der Waals surface area (Å²) in [7, 11) is 3.09. The van der Waals surface area contributed by atoms with E-state index in [0.29, 0.717) is 29.5 Å². The van der Waals surface area contributed by atoms with Crippen LogP contribution < -0.4 is 20.1 Å². The van der Waals surface area contributed by atoms with Gasteiger partial charge in [-0.15, -0.1) is 0 Å². The topological polar surface area (TPSA) is 97.7 Å². The normalized spacial score (nSPS) is 11.9. The number of ether oxygens (including phenoxy) is 2. The van der Waals surface area contributed by atoms with Gasteiger partial charge in [0.25, 0.3) is 0 Å². The second-order valence-corrected chi connectivity index (χ2v) is 11.1. The van der Waals surface area contributed by atoms with E-state index in [1.165, 1.54) is 4.90 Å². The van der Waals surface area contributed by atoms with Crippen molar-refractivity contribution in [2.24, 2.45) is 5.92 Å². The zero-order valence-corrected chi connectivity index (χ0v) is 22.8. The van der Waals surface area contributed by atoms with Crippen molar-refractivity contribution in [2.75, 3.05) is 37.9 Å². The molecule has 0 aliphatic heterocycles. The van der Waals surface area contributed by atoms with Gasteiger partial charge in [0.2, 0.25) is 5.91 Å². The van der Waals surface area contributed by atoms with Crippen LogP contribution in [0.1, 0.15) is 61.1 Å². The predicted octanol–water partition coefficient (Wildman–Crippen LogP) is 5.08. The molecule has 0 aliphatic rings. The second kappa shape index (κ2) is 11.0. The lowest BCUT2D eigenvalue weighted by molar-refractivity contribution is -0.116. The molecule has 3 amide bonds. The van der Waals surface area contributed by atoms with Crippen molar-refractivity contribution >= 4 is 23.4 Å². The molecule has 1 aromatic carbocycles. The van der Waals surface area contributed by atoms with E-state index in [9.17, 15) is 9.59 Å². The van der Waals surface area contributed by atoms with E-state index < -0.39 is 0 Å². The number of nitrogens with one attached hydrogen (secondary N) is 2. The largest absolute Gasteiger partial charge is 0.497 e. The molecule has 0 fully saturated rings. The minimum absolute atomic E-state index is 0.106. The molecule has 0 saturated heterocycles. The van der Waals surface area contributed by atoms with E-state index in [0.717, 1.165) is 5.69 Å². The van der Waals surface area contributed by atoms with E-state index in [2.05, 4.69) is 31.4 Å². The zero-order valence-electron chi connectivity index (χ0n) is 22.8. The van der Waals surface area contributed by atoms with E-state index in [4.69, 9.17) is 14.6 Å². The predicted molar refractivity (Wildman–Crippen MR) is 140 cm³/mol. The quantitative estimate of drug-likeness (QED) is 0.541. The monoisotopic (exact) mass is 487 g/mol. The third kappa shape index (κ3) is 7.90. The van der Waals surface area contributed by atoms with E-state index >= 15 is 0 Å². The van der Waals surface area contributed by atoms with E-state index in [-0.39, 0.29) is 35.4 Å². The minimum Gasteiger partial charge on any atom is -0.497 e. The van der Waals surface area contributed by atoms with Crippen molar-refractivity contribution < 1.29 is 19.1 Å². The van der Waals surface area contributed by atoms with Gasteiger partial charge >= 0.3 is 6.03 Å². The fraction of sp³-hybridized carbons (Fsp3) is 0.577. The lowest BCUT2D eigenvalue weighted by Crippen LogP contribution is -2.43. The average molecular weight is 488 g/mol. The van der Waals surface area contributed by atoms with Gasteiger partial charge in [0.1, 0.15) is 23.9 Å². The van der Waals surface area contributed by atoms with Crippen LogP contribution in [0.25, 0.3) is 0 Å². The molecule has 0 bridgehead atoms. The molecule has 0 spiro atoms. The molecule has 0 aliphatic carbocycles. The molecule has 2 N–H and O–H groups in total. The van der Waals surface area contributed by atoms with Crippen LogP contribution in [0.2, 0.25) is 0 Å². The van der Waals surface area contributed by atoms with Crippen molar-refractivity contribution in [1.29, 1.82) is 0 Å². The smallest absolute Gasteiger partial charge is 0.322 e. The van der Waals surface area contributed by atoms with Crippen molar-refractivity contribution in [2.45, 2.75) is 66.3 Å². The number of rotatable bonds is 8. The number of nitrogens with zero attached hydrogens (tertiary/aromatic N) is 3. The number of benzene rings is 1. The number of anilines is 2. The molecule has 9 nitrogen and oxygen atoms in total. The first kappa shape index (κ1) is 28.0. The molecule has 2 rings (SSSR count). The molecule has 0 radical (unpaired) electrons. The van der Waals surface area contributed by atoms with Gasteiger partial charge in [0.05, 0.1) is 25.5 Å². The van der Waals surface area contributed by atoms with Crippen LogP contribution >= 0.6 is 0 Å². The summed E-state index contributed by atoms with van der Waals surface area (Å²) in [5.74, 6) is 1.58. The van der Waals surface area contributed by atoms with Gasteiger partial charge in [0, 0.05) is 41.9 Å². The van der Waals surface area contributed by atoms with Crippen molar-refractivity contribution in [1.82, 2.24) is 14.7 Å². The number of aromatic nitrogens is 2. The first-order valence-electron chi connectivity index (χ1n) is 11.8. The van der Waals surface area contributed by atoms with Crippen LogP contribution in [0.5, 0.6) is 11.5 Å². The van der Waals surface area contributed by atoms with Gasteiger partial charge in [-0.3, -0.25) is 4.79 Å². The number of hydrogen-bond donors (Lipinski definition) is 2. The molecule has 9 heteroatoms. The lowest BCUT2D eigenvalue weighted by Gasteiger charge is -2.26. The van der Waals surface area contributed by atoms with Gasteiger partial charge in [-0.1, -0.05) is 34.6 Å². The van der Waals surface area contributed by atoms with Crippen LogP contribution in [0.3, 0.4) is 0 Å². The Balaban J connectivity index is 2.24. The van der Waals surface area contributed by atoms with Crippen LogP contribution in [0.4, 0.5) is 16.3 Å². The molecule has 194 valence electrons. The third-order valence-corrected chi connectivity index (χ3v) is 5.19. The Morgan fingerprint density at radius 2 is 1.54 bits per heavy atom. The maximum Gasteiger partial charge on any atom is 0.322 e. The van der Waals surface area contributed by atoms with Gasteiger partial charge < -0.3 is 25.0 Å². The average Bonchev–Trinajstić information content (AvgIpc) is 3.17. The Labute approximate surface area is 209 Å². The summed E-state index contributed by atoms with van der Waals surface area (Å²) in [6.07, 6.45) is 0. The summed E-state index contributed by atoms with van der Waals surface area (Å²) in [5.41, 5.74) is 0.900. The molecular formula is C26H41N5O4. The second-order valence-electron chi connectivity index (χ2n) is 11.1. The summed E-state index contributed by atoms with van der Waals surface area (Å²) in [6.45, 7) is 16.6. The lowest BCUT2D eigenvalue weighted by atomic mass is 9.92. The number of carbonyl (C=O) groups excluding carboxylic acids is 2. The highest BCUT2D eigenvalue weighted by Gasteiger charge is 2.27. The van der Waals surface area contributed by atoms with Gasteiger partial charge in [-0.2, -0.15) is 5.10 Å². The number of amides is 3. The molecule has 2 aromatic rings. The van der Waals surface area contributed by atoms with E-state index in [1.807, 2.05) is 45.4 Å². The standard InChI is InChI=1S/C26H41N5O4/c1-17(2)15-30(24(33)27-18-11-19(34-9)13-20(12-18)35-10)16-23(32)28-22-14-21(25(3,4)5)29-31(22)26(6,7)8/h11-14,17H,15-16H2,1-10H3,(H,27,33)(H,28,32). The fourth-order valence-corrected chi connectivity index (χ4v) is 3.45. The summed E-state index contributed by atoms with van der Waals surface area (Å²) in [5, 5.41) is 10.6. The van der Waals surface area contributed by atoms with Crippen molar-refractivity contribution in [3.8, 4) is 11.5 Å². The van der Waals surface area contributed by atoms with Gasteiger partial charge in [-0.25, -0.2) is 9.48 Å². The maximum atomic E-state index is 13.1. The minimum atomic E-state index is -0.385. The summed E-state index contributed by atoms with van der Waals surface area (Å²) < 4.78 is 12.4. The Morgan fingerprint density at radius 1 is 0.971 bits per heavy atom. The molecule has 1 heterocycles. The Bertz CT molecular complexity index is 1010. The highest BCUT2D eigenvalue weighted by Crippen LogP contribution is 2.28. The van der Waals surface area contributed by atoms with Crippen molar-refractivity contribution in [3.63, 3.8) is 0 Å². The van der Waals surface area contributed by atoms with Crippen LogP contribution in [-0.2, 0) is 15.7 Å². The summed E-state index contributed by atoms with van der Waals surface area (Å²) in [6, 6.07) is 6.63. The summed E-state index contributed by atoms with van der Waals surface area (Å²) >= 11 is 0. The number of hydrogen-bond acceptors (Lipinski definition) is 5. The van der Waals surface area contributed by atoms with Gasteiger partial charge in [0.15, 0.2) is 0 Å². The maximum absolute atomic E-state index is 13.1. The molecular weight excluding hydrogens is 446 g/mol. The number of urea groups is 1. The van der Waals surface area contributed by atoms with Crippen LogP contribution in [0, 0.1) is 5.92 Å². The number of methoxy groups -OCH3 is 2. The Kier molecular flexibility index (Phi) is 8.81. The van der Waals surface area contributed by atoms with Gasteiger partial charge in [-0.05, 0) is 26.7 Å². The molecule has 0 saturated carbocycles. The highest BCUT2D eigenvalue weighted by atomic mass is 16.5. The zero-order chi connectivity index (χ0) is 26.6. The van der Waals surface area contributed by atoms with Crippen molar-refractivity contribution in [3.05, 3.63) is 30.0 Å². The SMILES string of the molecule is COc1cc(NC(=O)N(CC(=O)Nc2cc(C(C)(C)C)nn2C(C)(C)C)CC(C)C)cc(OC)c1.